The van der Waals surface area contributed by atoms with Gasteiger partial charge in [-0.1, -0.05) is 6.07 Å². The minimum atomic E-state index is -0.794. The number of pyridine rings is 1. The number of hydrogen-bond acceptors (Lipinski definition) is 6. The molecule has 0 aromatic carbocycles. The van der Waals surface area contributed by atoms with E-state index in [9.17, 15) is 4.79 Å². The van der Waals surface area contributed by atoms with Crippen molar-refractivity contribution in [2.75, 3.05) is 38.7 Å². The van der Waals surface area contributed by atoms with Crippen LogP contribution in [-0.4, -0.2) is 64.3 Å². The quantitative estimate of drug-likeness (QED) is 0.826. The van der Waals surface area contributed by atoms with E-state index < -0.39 is 5.54 Å². The molecule has 2 aromatic rings. The van der Waals surface area contributed by atoms with E-state index in [4.69, 9.17) is 4.74 Å². The first-order valence-electron chi connectivity index (χ1n) is 8.30. The summed E-state index contributed by atoms with van der Waals surface area (Å²) in [6.07, 6.45) is 2.77. The standard InChI is InChI=1S/C17H24N6O2/c1-17(2,23-12-18-11-19-23)16(24)22-8-9-25-14(10-22)13-6-5-7-15(20-13)21(3)4/h5-7,11-12,14H,8-10H2,1-4H3. The van der Waals surface area contributed by atoms with Crippen molar-refractivity contribution in [1.29, 1.82) is 0 Å². The first kappa shape index (κ1) is 17.3. The van der Waals surface area contributed by atoms with E-state index in [1.807, 2.05) is 55.9 Å². The molecule has 3 rings (SSSR count). The summed E-state index contributed by atoms with van der Waals surface area (Å²) in [4.78, 5) is 25.4. The summed E-state index contributed by atoms with van der Waals surface area (Å²) < 4.78 is 7.46. The monoisotopic (exact) mass is 344 g/mol. The molecule has 1 amide bonds. The summed E-state index contributed by atoms with van der Waals surface area (Å²) >= 11 is 0. The number of morpholine rings is 1. The third-order valence-corrected chi connectivity index (χ3v) is 4.41. The highest BCUT2D eigenvalue weighted by Gasteiger charge is 2.37. The van der Waals surface area contributed by atoms with E-state index in [-0.39, 0.29) is 12.0 Å². The fourth-order valence-corrected chi connectivity index (χ4v) is 2.86. The molecule has 1 fully saturated rings. The van der Waals surface area contributed by atoms with Crippen molar-refractivity contribution in [2.24, 2.45) is 0 Å². The predicted octanol–water partition coefficient (Wildman–Crippen LogP) is 1.07. The van der Waals surface area contributed by atoms with Crippen LogP contribution >= 0.6 is 0 Å². The molecule has 0 radical (unpaired) electrons. The lowest BCUT2D eigenvalue weighted by atomic mass is 10.0. The number of aromatic nitrogens is 4. The molecule has 1 saturated heterocycles. The van der Waals surface area contributed by atoms with Crippen LogP contribution in [0.4, 0.5) is 5.82 Å². The van der Waals surface area contributed by atoms with E-state index >= 15 is 0 Å². The highest BCUT2D eigenvalue weighted by Crippen LogP contribution is 2.25. The lowest BCUT2D eigenvalue weighted by Gasteiger charge is -2.37. The van der Waals surface area contributed by atoms with E-state index in [2.05, 4.69) is 15.1 Å². The van der Waals surface area contributed by atoms with Crippen LogP contribution in [0.2, 0.25) is 0 Å². The molecular weight excluding hydrogens is 320 g/mol. The van der Waals surface area contributed by atoms with Crippen LogP contribution < -0.4 is 4.90 Å². The van der Waals surface area contributed by atoms with Crippen molar-refractivity contribution in [3.63, 3.8) is 0 Å². The van der Waals surface area contributed by atoms with Crippen molar-refractivity contribution in [2.45, 2.75) is 25.5 Å². The Hall–Kier alpha value is -2.48. The minimum absolute atomic E-state index is 0.00457. The zero-order valence-corrected chi connectivity index (χ0v) is 15.1. The van der Waals surface area contributed by atoms with Gasteiger partial charge in [0.15, 0.2) is 0 Å². The van der Waals surface area contributed by atoms with Crippen LogP contribution in [0.5, 0.6) is 0 Å². The van der Waals surface area contributed by atoms with Gasteiger partial charge in [0.2, 0.25) is 5.91 Å². The van der Waals surface area contributed by atoms with Crippen LogP contribution in [0.25, 0.3) is 0 Å². The van der Waals surface area contributed by atoms with E-state index in [1.165, 1.54) is 6.33 Å². The summed E-state index contributed by atoms with van der Waals surface area (Å²) in [6.45, 7) is 5.21. The molecule has 1 atom stereocenters. The third kappa shape index (κ3) is 3.48. The summed E-state index contributed by atoms with van der Waals surface area (Å²) in [5.41, 5.74) is 0.0411. The van der Waals surface area contributed by atoms with Gasteiger partial charge in [-0.2, -0.15) is 5.10 Å². The van der Waals surface area contributed by atoms with Gasteiger partial charge in [0, 0.05) is 20.6 Å². The van der Waals surface area contributed by atoms with Crippen LogP contribution in [0.1, 0.15) is 25.6 Å². The van der Waals surface area contributed by atoms with Gasteiger partial charge in [-0.3, -0.25) is 4.79 Å². The van der Waals surface area contributed by atoms with E-state index in [1.54, 1.807) is 11.0 Å². The highest BCUT2D eigenvalue weighted by atomic mass is 16.5. The van der Waals surface area contributed by atoms with Crippen molar-refractivity contribution in [3.05, 3.63) is 36.5 Å². The predicted molar refractivity (Wildman–Crippen MR) is 93.2 cm³/mol. The number of anilines is 1. The summed E-state index contributed by atoms with van der Waals surface area (Å²) in [6, 6.07) is 5.85. The fourth-order valence-electron chi connectivity index (χ4n) is 2.86. The number of ether oxygens (including phenoxy) is 1. The van der Waals surface area contributed by atoms with E-state index in [0.29, 0.717) is 19.7 Å². The molecule has 1 aliphatic heterocycles. The summed E-state index contributed by atoms with van der Waals surface area (Å²) in [7, 11) is 3.90. The Morgan fingerprint density at radius 1 is 1.36 bits per heavy atom. The number of amides is 1. The maximum Gasteiger partial charge on any atom is 0.250 e. The molecule has 8 nitrogen and oxygen atoms in total. The first-order valence-corrected chi connectivity index (χ1v) is 8.30. The van der Waals surface area contributed by atoms with E-state index in [0.717, 1.165) is 11.5 Å². The van der Waals surface area contributed by atoms with Gasteiger partial charge in [-0.25, -0.2) is 14.6 Å². The molecule has 1 aliphatic rings. The molecule has 3 heterocycles. The third-order valence-electron chi connectivity index (χ3n) is 4.41. The molecule has 0 spiro atoms. The van der Waals surface area contributed by atoms with Crippen LogP contribution in [0, 0.1) is 0 Å². The van der Waals surface area contributed by atoms with Crippen LogP contribution in [-0.2, 0) is 15.1 Å². The smallest absolute Gasteiger partial charge is 0.250 e. The number of hydrogen-bond donors (Lipinski definition) is 0. The largest absolute Gasteiger partial charge is 0.368 e. The lowest BCUT2D eigenvalue weighted by Crippen LogP contribution is -2.51. The molecule has 0 N–H and O–H groups in total. The topological polar surface area (TPSA) is 76.4 Å². The Morgan fingerprint density at radius 2 is 2.16 bits per heavy atom. The second kappa shape index (κ2) is 6.79. The zero-order chi connectivity index (χ0) is 18.0. The maximum atomic E-state index is 13.0. The zero-order valence-electron chi connectivity index (χ0n) is 15.1. The maximum absolute atomic E-state index is 13.0. The average Bonchev–Trinajstić information content (AvgIpc) is 3.17. The van der Waals surface area contributed by atoms with Gasteiger partial charge < -0.3 is 14.5 Å². The minimum Gasteiger partial charge on any atom is -0.368 e. The van der Waals surface area contributed by atoms with Crippen molar-refractivity contribution in [3.8, 4) is 0 Å². The Morgan fingerprint density at radius 3 is 2.84 bits per heavy atom. The normalized spacial score (nSPS) is 18.2. The number of carbonyl (C=O) groups excluding carboxylic acids is 1. The Balaban J connectivity index is 1.77. The molecule has 1 unspecified atom stereocenters. The van der Waals surface area contributed by atoms with Gasteiger partial charge in [0.05, 0.1) is 18.8 Å². The molecular formula is C17H24N6O2. The van der Waals surface area contributed by atoms with Crippen molar-refractivity contribution < 1.29 is 9.53 Å². The Kier molecular flexibility index (Phi) is 4.71. The van der Waals surface area contributed by atoms with Gasteiger partial charge >= 0.3 is 0 Å². The number of carbonyl (C=O) groups is 1. The van der Waals surface area contributed by atoms with Crippen molar-refractivity contribution >= 4 is 11.7 Å². The Bertz CT molecular complexity index is 728. The van der Waals surface area contributed by atoms with Gasteiger partial charge in [0.25, 0.3) is 0 Å². The molecule has 8 heteroatoms. The average molecular weight is 344 g/mol. The lowest BCUT2D eigenvalue weighted by molar-refractivity contribution is -0.147. The molecule has 2 aromatic heterocycles. The van der Waals surface area contributed by atoms with Gasteiger partial charge in [-0.15, -0.1) is 0 Å². The van der Waals surface area contributed by atoms with Crippen LogP contribution in [0.15, 0.2) is 30.9 Å². The molecule has 0 saturated carbocycles. The molecule has 25 heavy (non-hydrogen) atoms. The molecule has 134 valence electrons. The second-order valence-corrected chi connectivity index (χ2v) is 6.82. The molecule has 0 aliphatic carbocycles. The molecule has 0 bridgehead atoms. The van der Waals surface area contributed by atoms with Crippen molar-refractivity contribution in [1.82, 2.24) is 24.6 Å². The summed E-state index contributed by atoms with van der Waals surface area (Å²) in [5, 5.41) is 4.12. The van der Waals surface area contributed by atoms with Gasteiger partial charge in [-0.05, 0) is 26.0 Å². The summed E-state index contributed by atoms with van der Waals surface area (Å²) in [5.74, 6) is 0.863. The second-order valence-electron chi connectivity index (χ2n) is 6.82. The Labute approximate surface area is 147 Å². The first-order chi connectivity index (χ1) is 11.9. The fraction of sp³-hybridized carbons (Fsp3) is 0.529. The highest BCUT2D eigenvalue weighted by molar-refractivity contribution is 5.83. The SMILES string of the molecule is CN(C)c1cccc(C2CN(C(=O)C(C)(C)n3cncn3)CCO2)n1. The van der Waals surface area contributed by atoms with Crippen LogP contribution in [0.3, 0.4) is 0 Å². The van der Waals surface area contributed by atoms with Gasteiger partial charge in [0.1, 0.15) is 30.1 Å². The number of nitrogens with zero attached hydrogens (tertiary/aromatic N) is 6. The number of rotatable bonds is 4.